The van der Waals surface area contributed by atoms with E-state index < -0.39 is 0 Å². The molecule has 0 N–H and O–H groups in total. The van der Waals surface area contributed by atoms with Gasteiger partial charge in [-0.3, -0.25) is 0 Å². The average molecular weight is 465 g/mol. The fourth-order valence-electron chi connectivity index (χ4n) is 5.48. The van der Waals surface area contributed by atoms with Crippen molar-refractivity contribution >= 4 is 49.5 Å². The molecular weight excluding hydrogens is 444 g/mol. The van der Waals surface area contributed by atoms with Crippen molar-refractivity contribution in [2.24, 2.45) is 0 Å². The van der Waals surface area contributed by atoms with Crippen molar-refractivity contribution in [2.45, 2.75) is 6.92 Å². The van der Waals surface area contributed by atoms with Gasteiger partial charge in [0.15, 0.2) is 0 Å². The second kappa shape index (κ2) is 7.09. The molecule has 0 radical (unpaired) electrons. The van der Waals surface area contributed by atoms with Crippen molar-refractivity contribution in [1.29, 1.82) is 0 Å². The number of pyridine rings is 1. The molecule has 4 heterocycles. The molecule has 0 saturated carbocycles. The van der Waals surface area contributed by atoms with Crippen LogP contribution in [0, 0.1) is 6.92 Å². The molecular formula is C32H20N2O2. The maximum absolute atomic E-state index is 6.44. The maximum Gasteiger partial charge on any atom is 0.147 e. The molecule has 0 fully saturated rings. The van der Waals surface area contributed by atoms with E-state index in [1.54, 1.807) is 0 Å². The predicted octanol–water partition coefficient (Wildman–Crippen LogP) is 8.78. The lowest BCUT2D eigenvalue weighted by molar-refractivity contribution is 0.658. The highest BCUT2D eigenvalue weighted by Crippen LogP contribution is 2.44. The Balaban J connectivity index is 1.41. The van der Waals surface area contributed by atoms with Crippen molar-refractivity contribution in [3.05, 3.63) is 109 Å². The molecule has 0 aliphatic rings. The first-order chi connectivity index (χ1) is 17.8. The highest BCUT2D eigenvalue weighted by molar-refractivity contribution is 6.21. The standard InChI is InChI=1S/C32H20N2O2/c1-19-30(33-28-12-6-7-17-34(19)28)21-15-13-20(14-16-21)29-31-24(22-8-2-4-10-26(22)35-31)18-25-23-9-3-5-11-27(23)36-32(25)29/h2-18H,1H3. The van der Waals surface area contributed by atoms with E-state index in [2.05, 4.69) is 72.1 Å². The molecule has 8 rings (SSSR count). The zero-order valence-corrected chi connectivity index (χ0v) is 19.5. The molecule has 4 aromatic heterocycles. The Hall–Kier alpha value is -4.83. The Kier molecular flexibility index (Phi) is 3.84. The lowest BCUT2D eigenvalue weighted by Gasteiger charge is -2.06. The van der Waals surface area contributed by atoms with Crippen LogP contribution in [-0.4, -0.2) is 9.38 Å². The number of aryl methyl sites for hydroxylation is 1. The predicted molar refractivity (Wildman–Crippen MR) is 145 cm³/mol. The summed E-state index contributed by atoms with van der Waals surface area (Å²) >= 11 is 0. The minimum absolute atomic E-state index is 0.847. The van der Waals surface area contributed by atoms with E-state index in [0.29, 0.717) is 0 Å². The number of hydrogen-bond acceptors (Lipinski definition) is 3. The summed E-state index contributed by atoms with van der Waals surface area (Å²) < 4.78 is 15.0. The summed E-state index contributed by atoms with van der Waals surface area (Å²) in [6.45, 7) is 2.11. The molecule has 36 heavy (non-hydrogen) atoms. The Morgan fingerprint density at radius 2 is 1.19 bits per heavy atom. The number of aromatic nitrogens is 2. The van der Waals surface area contributed by atoms with E-state index in [-0.39, 0.29) is 0 Å². The van der Waals surface area contributed by atoms with E-state index in [1.807, 2.05) is 42.5 Å². The Bertz CT molecular complexity index is 2020. The van der Waals surface area contributed by atoms with Gasteiger partial charge in [0.05, 0.1) is 11.3 Å². The third kappa shape index (κ3) is 2.61. The number of nitrogens with zero attached hydrogens (tertiary/aromatic N) is 2. The van der Waals surface area contributed by atoms with Crippen LogP contribution in [-0.2, 0) is 0 Å². The largest absolute Gasteiger partial charge is 0.455 e. The second-order valence-electron chi connectivity index (χ2n) is 9.25. The van der Waals surface area contributed by atoms with E-state index in [4.69, 9.17) is 13.8 Å². The Morgan fingerprint density at radius 1 is 0.611 bits per heavy atom. The summed E-state index contributed by atoms with van der Waals surface area (Å²) in [6, 6.07) is 33.3. The van der Waals surface area contributed by atoms with Crippen LogP contribution in [0.4, 0.5) is 0 Å². The average Bonchev–Trinajstić information content (AvgIpc) is 3.59. The number of benzene rings is 4. The van der Waals surface area contributed by atoms with E-state index >= 15 is 0 Å². The number of imidazole rings is 1. The maximum atomic E-state index is 6.44. The third-order valence-electron chi connectivity index (χ3n) is 7.23. The first-order valence-electron chi connectivity index (χ1n) is 12.1. The van der Waals surface area contributed by atoms with Crippen LogP contribution in [0.5, 0.6) is 0 Å². The molecule has 4 aromatic carbocycles. The smallest absolute Gasteiger partial charge is 0.147 e. The quantitative estimate of drug-likeness (QED) is 0.257. The first-order valence-corrected chi connectivity index (χ1v) is 12.1. The van der Waals surface area contributed by atoms with Crippen molar-refractivity contribution in [3.63, 3.8) is 0 Å². The van der Waals surface area contributed by atoms with Gasteiger partial charge in [0, 0.05) is 39.0 Å². The topological polar surface area (TPSA) is 43.6 Å². The van der Waals surface area contributed by atoms with Crippen LogP contribution < -0.4 is 0 Å². The summed E-state index contributed by atoms with van der Waals surface area (Å²) in [7, 11) is 0. The zero-order valence-electron chi connectivity index (χ0n) is 19.5. The van der Waals surface area contributed by atoms with Gasteiger partial charge in [0.1, 0.15) is 28.0 Å². The monoisotopic (exact) mass is 464 g/mol. The van der Waals surface area contributed by atoms with E-state index in [1.165, 1.54) is 0 Å². The van der Waals surface area contributed by atoms with Gasteiger partial charge in [-0.05, 0) is 42.8 Å². The van der Waals surface area contributed by atoms with Gasteiger partial charge >= 0.3 is 0 Å². The fourth-order valence-corrected chi connectivity index (χ4v) is 5.48. The molecule has 0 aliphatic heterocycles. The van der Waals surface area contributed by atoms with Crippen molar-refractivity contribution in [1.82, 2.24) is 9.38 Å². The summed E-state index contributed by atoms with van der Waals surface area (Å²) in [6.07, 6.45) is 2.05. The Labute approximate surface area is 206 Å². The van der Waals surface area contributed by atoms with Crippen LogP contribution in [0.3, 0.4) is 0 Å². The van der Waals surface area contributed by atoms with E-state index in [9.17, 15) is 0 Å². The molecule has 0 spiro atoms. The number of fused-ring (bicyclic) bond motifs is 7. The molecule has 4 nitrogen and oxygen atoms in total. The zero-order chi connectivity index (χ0) is 23.8. The summed E-state index contributed by atoms with van der Waals surface area (Å²) in [5.41, 5.74) is 9.62. The van der Waals surface area contributed by atoms with E-state index in [0.717, 1.165) is 77.6 Å². The van der Waals surface area contributed by atoms with Crippen molar-refractivity contribution < 1.29 is 8.83 Å². The summed E-state index contributed by atoms with van der Waals surface area (Å²) in [5.74, 6) is 0. The van der Waals surface area contributed by atoms with Gasteiger partial charge in [-0.25, -0.2) is 4.98 Å². The highest BCUT2D eigenvalue weighted by atomic mass is 16.3. The third-order valence-corrected chi connectivity index (χ3v) is 7.23. The van der Waals surface area contributed by atoms with Crippen molar-refractivity contribution in [2.75, 3.05) is 0 Å². The fraction of sp³-hybridized carbons (Fsp3) is 0.0312. The molecule has 0 saturated heterocycles. The van der Waals surface area contributed by atoms with Gasteiger partial charge < -0.3 is 13.2 Å². The lowest BCUT2D eigenvalue weighted by atomic mass is 9.97. The minimum Gasteiger partial charge on any atom is -0.455 e. The highest BCUT2D eigenvalue weighted by Gasteiger charge is 2.21. The van der Waals surface area contributed by atoms with Gasteiger partial charge in [-0.2, -0.15) is 0 Å². The van der Waals surface area contributed by atoms with Gasteiger partial charge in [-0.15, -0.1) is 0 Å². The summed E-state index contributed by atoms with van der Waals surface area (Å²) in [4.78, 5) is 4.87. The first kappa shape index (κ1) is 19.5. The molecule has 4 heteroatoms. The minimum atomic E-state index is 0.847. The molecule has 8 aromatic rings. The molecule has 0 aliphatic carbocycles. The van der Waals surface area contributed by atoms with Gasteiger partial charge in [0.2, 0.25) is 0 Å². The molecule has 0 amide bonds. The summed E-state index contributed by atoms with van der Waals surface area (Å²) in [5, 5.41) is 4.41. The number of rotatable bonds is 2. The van der Waals surface area contributed by atoms with Gasteiger partial charge in [-0.1, -0.05) is 66.7 Å². The molecule has 170 valence electrons. The van der Waals surface area contributed by atoms with Crippen LogP contribution in [0.2, 0.25) is 0 Å². The normalized spacial score (nSPS) is 12.0. The van der Waals surface area contributed by atoms with Crippen LogP contribution in [0.15, 0.2) is 112 Å². The molecule has 0 bridgehead atoms. The SMILES string of the molecule is Cc1c(-c2ccc(-c3c4oc5ccccc5c4cc4c3oc3ccccc34)cc2)nc2ccccn12. The van der Waals surface area contributed by atoms with Crippen LogP contribution >= 0.6 is 0 Å². The van der Waals surface area contributed by atoms with Gasteiger partial charge in [0.25, 0.3) is 0 Å². The van der Waals surface area contributed by atoms with Crippen molar-refractivity contribution in [3.8, 4) is 22.4 Å². The Morgan fingerprint density at radius 3 is 1.83 bits per heavy atom. The molecule has 0 unspecified atom stereocenters. The second-order valence-corrected chi connectivity index (χ2v) is 9.25. The number of para-hydroxylation sites is 2. The number of hydrogen-bond donors (Lipinski definition) is 0. The van der Waals surface area contributed by atoms with Crippen LogP contribution in [0.1, 0.15) is 5.69 Å². The lowest BCUT2D eigenvalue weighted by Crippen LogP contribution is -1.87. The van der Waals surface area contributed by atoms with Crippen LogP contribution in [0.25, 0.3) is 71.9 Å². The number of furan rings is 2. The molecule has 0 atom stereocenters.